The van der Waals surface area contributed by atoms with E-state index in [9.17, 15) is 86.8 Å². The molecule has 30 fully saturated rings. The van der Waals surface area contributed by atoms with Crippen molar-refractivity contribution in [2.24, 2.45) is 0 Å². The summed E-state index contributed by atoms with van der Waals surface area (Å²) in [5.41, 5.74) is 0. The van der Waals surface area contributed by atoms with Crippen LogP contribution in [0, 0.1) is 0 Å². The number of hydrogen-bond acceptors (Lipinski definition) is 33. The second-order valence-electron chi connectivity index (χ2n) is 22.3. The largest absolute Gasteiger partial charge is 0.394 e. The maximum Gasteiger partial charge on any atom is 0.187 e. The van der Waals surface area contributed by atoms with Crippen LogP contribution in [0.3, 0.4) is 0 Å². The highest BCUT2D eigenvalue weighted by atomic mass is 35.5. The first-order chi connectivity index (χ1) is 41.9. The van der Waals surface area contributed by atoms with E-state index in [1.54, 1.807) is 0 Å². The van der Waals surface area contributed by atoms with Crippen LogP contribution in [-0.2, 0) is 75.8 Å². The molecule has 0 radical (unpaired) electrons. The maximum atomic E-state index is 11.5. The predicted octanol–water partition coefficient (Wildman–Crippen LogP) is -8.68. The number of aliphatic hydroxyl groups excluding tert-OH is 17. The summed E-state index contributed by atoms with van der Waals surface area (Å²) in [7, 11) is 0. The highest BCUT2D eigenvalue weighted by molar-refractivity contribution is 6.19. The van der Waals surface area contributed by atoms with E-state index in [1.165, 1.54) is 0 Å². The molecule has 0 spiro atoms. The molecule has 30 aliphatic rings. The molecule has 88 heavy (non-hydrogen) atoms. The van der Waals surface area contributed by atoms with E-state index >= 15 is 0 Å². The van der Waals surface area contributed by atoms with Gasteiger partial charge in [0.15, 0.2) is 50.3 Å². The Hall–Kier alpha value is 0.710. The van der Waals surface area contributed by atoms with Crippen molar-refractivity contribution in [1.29, 1.82) is 0 Å². The summed E-state index contributed by atoms with van der Waals surface area (Å²) in [4.78, 5) is 0. The third kappa shape index (κ3) is 14.6. The lowest BCUT2D eigenvalue weighted by Crippen LogP contribution is -2.68. The fourth-order valence-corrected chi connectivity index (χ4v) is 13.5. The molecule has 30 saturated heterocycles. The number of aliphatic hydroxyl groups is 17. The molecule has 40 heteroatoms. The van der Waals surface area contributed by atoms with Gasteiger partial charge in [0.1, 0.15) is 195 Å². The lowest BCUT2D eigenvalue weighted by molar-refractivity contribution is -0.397. The van der Waals surface area contributed by atoms with Gasteiger partial charge < -0.3 is 163 Å². The molecule has 33 nitrogen and oxygen atoms in total. The predicted molar refractivity (Wildman–Crippen MR) is 287 cm³/mol. The third-order valence-corrected chi connectivity index (χ3v) is 18.8. The second kappa shape index (κ2) is 31.5. The average molecular weight is 1430 g/mol. The van der Waals surface area contributed by atoms with Crippen molar-refractivity contribution >= 4 is 81.2 Å². The van der Waals surface area contributed by atoms with Crippen LogP contribution >= 0.6 is 81.2 Å². The Balaban J connectivity index is 0.975. The minimum Gasteiger partial charge on any atom is -0.394 e. The topological polar surface area (TPSA) is 492 Å². The van der Waals surface area contributed by atoms with Gasteiger partial charge in [0.2, 0.25) is 0 Å². The SMILES string of the molecule is OCC1OC2OC3C(CCl)OC(OC4C(CCl)OC(OC5C(CCl)OC(OC6C(CCl)OC(OC7C(CCl)OC(OC8C(CCl)OC(OC9C(CCl)OC(OC1C(O)C2O)C(O)C9O)C(O)C8O)C(O)C7O)C(O)C6O)C(O)C5O)C(O)C4O)C(O)C3O. The molecule has 40 unspecified atom stereocenters. The van der Waals surface area contributed by atoms with E-state index in [0.29, 0.717) is 0 Å². The molecule has 30 rings (SSSR count). The summed E-state index contributed by atoms with van der Waals surface area (Å²) in [5, 5.41) is 194. The first-order valence-electron chi connectivity index (χ1n) is 27.8. The fraction of sp³-hybridized carbons (Fsp3) is 1.00. The van der Waals surface area contributed by atoms with Crippen molar-refractivity contribution in [3.05, 3.63) is 0 Å². The Kier molecular flexibility index (Phi) is 26.1. The summed E-state index contributed by atoms with van der Waals surface area (Å²) in [5.74, 6) is -3.78. The zero-order valence-electron chi connectivity index (χ0n) is 45.5. The molecular weight excluding hydrogens is 1350 g/mol. The molecule has 0 saturated carbocycles. The molecule has 0 aromatic rings. The smallest absolute Gasteiger partial charge is 0.187 e. The summed E-state index contributed by atoms with van der Waals surface area (Å²) in [6, 6.07) is 0. The van der Waals surface area contributed by atoms with Crippen LogP contribution < -0.4 is 0 Å². The van der Waals surface area contributed by atoms with Crippen molar-refractivity contribution in [3.8, 4) is 0 Å². The number of halogens is 7. The molecule has 0 aliphatic carbocycles. The van der Waals surface area contributed by atoms with E-state index in [-0.39, 0.29) is 0 Å². The van der Waals surface area contributed by atoms with Crippen LogP contribution in [0.1, 0.15) is 0 Å². The summed E-state index contributed by atoms with van der Waals surface area (Å²) in [6.07, 6.45) is -74.7. The number of ether oxygens (including phenoxy) is 16. The van der Waals surface area contributed by atoms with E-state index in [4.69, 9.17) is 157 Å². The van der Waals surface area contributed by atoms with Gasteiger partial charge in [-0.1, -0.05) is 0 Å². The van der Waals surface area contributed by atoms with Gasteiger partial charge in [-0.3, -0.25) is 0 Å². The van der Waals surface area contributed by atoms with Crippen molar-refractivity contribution in [1.82, 2.24) is 0 Å². The molecule has 0 aromatic heterocycles. The third-order valence-electron chi connectivity index (χ3n) is 16.7. The molecule has 17 N–H and O–H groups in total. The Bertz CT molecular complexity index is 1730. The zero-order valence-corrected chi connectivity index (χ0v) is 50.8. The Morgan fingerprint density at radius 1 is 0.170 bits per heavy atom. The highest BCUT2D eigenvalue weighted by Gasteiger charge is 2.60. The monoisotopic (exact) mass is 1420 g/mol. The van der Waals surface area contributed by atoms with E-state index in [0.717, 1.165) is 0 Å². The Labute approximate surface area is 534 Å². The van der Waals surface area contributed by atoms with Crippen LogP contribution in [0.4, 0.5) is 0 Å². The van der Waals surface area contributed by atoms with Crippen molar-refractivity contribution in [2.75, 3.05) is 47.8 Å². The maximum absolute atomic E-state index is 11.5. The summed E-state index contributed by atoms with van der Waals surface area (Å²) in [6.45, 7) is -1.00. The number of hydrogen-bond donors (Lipinski definition) is 17. The molecular formula is C48H73Cl7O33. The first kappa shape index (κ1) is 73.0. The summed E-state index contributed by atoms with van der Waals surface area (Å²) < 4.78 is 93.9. The zero-order chi connectivity index (χ0) is 64.1. The van der Waals surface area contributed by atoms with Crippen molar-refractivity contribution in [3.63, 3.8) is 0 Å². The van der Waals surface area contributed by atoms with Crippen LogP contribution in [-0.4, -0.2) is 380 Å². The standard InChI is InChI=1S/C48H73Cl7O33/c49-1-9-33-17(57)25(65)41(73-9)82-34-10(2-50)75-43(27(67)19(34)59)84-36-12(4-52)77-45(29(69)21(36)61)86-38-14(6-54)79-47(31(71)23(38)63)88-40-16(8-56)80-48(32(72)24(40)64)87-39-15(7-55)78-46(30(70)22(39)62)85-37-13(5-53)76-44(28(68)20(37)60)83-35-11(3-51)74-42(81-33)26(66)18(35)58/h9-48,56-72H,1-8H2. The van der Waals surface area contributed by atoms with Crippen molar-refractivity contribution in [2.45, 2.75) is 246 Å². The molecule has 40 atom stereocenters. The second-order valence-corrected chi connectivity index (χ2v) is 24.4. The van der Waals surface area contributed by atoms with Gasteiger partial charge in [-0.2, -0.15) is 0 Å². The normalized spacial score (nSPS) is 55.4. The van der Waals surface area contributed by atoms with Gasteiger partial charge in [0.25, 0.3) is 0 Å². The lowest BCUT2D eigenvalue weighted by Gasteiger charge is -2.50. The number of alkyl halides is 7. The highest BCUT2D eigenvalue weighted by Crippen LogP contribution is 2.40. The molecule has 0 amide bonds. The van der Waals surface area contributed by atoms with Crippen LogP contribution in [0.15, 0.2) is 0 Å². The van der Waals surface area contributed by atoms with Crippen LogP contribution in [0.5, 0.6) is 0 Å². The molecule has 30 aliphatic heterocycles. The Morgan fingerprint density at radius 3 is 0.398 bits per heavy atom. The first-order valence-corrected chi connectivity index (χ1v) is 31.5. The minimum atomic E-state index is -2.15. The molecule has 0 aromatic carbocycles. The quantitative estimate of drug-likeness (QED) is 0.100. The van der Waals surface area contributed by atoms with Gasteiger partial charge in [-0.25, -0.2) is 0 Å². The van der Waals surface area contributed by atoms with E-state index < -0.39 is 293 Å². The van der Waals surface area contributed by atoms with Crippen LogP contribution in [0.25, 0.3) is 0 Å². The van der Waals surface area contributed by atoms with Gasteiger partial charge in [0, 0.05) is 0 Å². The average Bonchev–Trinajstić information content (AvgIpc) is 0.985. The van der Waals surface area contributed by atoms with Crippen LogP contribution in [0.2, 0.25) is 0 Å². The van der Waals surface area contributed by atoms with Gasteiger partial charge in [-0.05, 0) is 0 Å². The lowest BCUT2D eigenvalue weighted by atomic mass is 9.95. The van der Waals surface area contributed by atoms with E-state index in [1.807, 2.05) is 0 Å². The minimum absolute atomic E-state index is 0.531. The van der Waals surface area contributed by atoms with Gasteiger partial charge in [-0.15, -0.1) is 81.2 Å². The molecule has 16 bridgehead atoms. The van der Waals surface area contributed by atoms with E-state index in [2.05, 4.69) is 0 Å². The Morgan fingerprint density at radius 2 is 0.284 bits per heavy atom. The van der Waals surface area contributed by atoms with Gasteiger partial charge in [0.05, 0.1) is 47.8 Å². The molecule has 512 valence electrons. The van der Waals surface area contributed by atoms with Crippen molar-refractivity contribution < 1.29 is 163 Å². The van der Waals surface area contributed by atoms with Gasteiger partial charge >= 0.3 is 0 Å². The summed E-state index contributed by atoms with van der Waals surface area (Å²) >= 11 is 43.9. The molecule has 30 heterocycles. The fourth-order valence-electron chi connectivity index (χ4n) is 11.7. The number of rotatable bonds is 8.